The first kappa shape index (κ1) is 15.5. The lowest BCUT2D eigenvalue weighted by Gasteiger charge is -2.10. The minimum Gasteiger partial charge on any atom is -0.340 e. The van der Waals surface area contributed by atoms with Crippen LogP contribution in [0.15, 0.2) is 47.5 Å². The van der Waals surface area contributed by atoms with E-state index in [2.05, 4.69) is 15.0 Å². The van der Waals surface area contributed by atoms with Crippen molar-refractivity contribution in [1.29, 1.82) is 0 Å². The zero-order valence-electron chi connectivity index (χ0n) is 12.3. The van der Waals surface area contributed by atoms with Crippen LogP contribution >= 0.6 is 0 Å². The van der Waals surface area contributed by atoms with Crippen LogP contribution in [0.2, 0.25) is 0 Å². The number of nitrogens with zero attached hydrogens (tertiary/aromatic N) is 1. The molecule has 21 heavy (non-hydrogen) atoms. The van der Waals surface area contributed by atoms with Crippen molar-refractivity contribution in [3.63, 3.8) is 0 Å². The Labute approximate surface area is 125 Å². The number of anilines is 2. The summed E-state index contributed by atoms with van der Waals surface area (Å²) in [5, 5.41) is 3.12. The van der Waals surface area contributed by atoms with E-state index in [9.17, 15) is 8.42 Å². The molecule has 2 rings (SSSR count). The predicted molar refractivity (Wildman–Crippen MR) is 84.2 cm³/mol. The van der Waals surface area contributed by atoms with Crippen molar-refractivity contribution in [2.45, 2.75) is 31.7 Å². The predicted octanol–water partition coefficient (Wildman–Crippen LogP) is 2.82. The second-order valence-electron chi connectivity index (χ2n) is 5.15. The van der Waals surface area contributed by atoms with E-state index in [4.69, 9.17) is 0 Å². The van der Waals surface area contributed by atoms with Gasteiger partial charge < -0.3 is 5.32 Å². The molecule has 0 amide bonds. The number of pyridine rings is 1. The molecule has 0 saturated carbocycles. The van der Waals surface area contributed by atoms with Crippen LogP contribution in [-0.4, -0.2) is 19.4 Å². The van der Waals surface area contributed by atoms with Crippen molar-refractivity contribution in [1.82, 2.24) is 9.71 Å². The maximum absolute atomic E-state index is 12.0. The van der Waals surface area contributed by atoms with E-state index in [1.165, 1.54) is 17.8 Å². The van der Waals surface area contributed by atoms with Crippen molar-refractivity contribution in [3.8, 4) is 0 Å². The number of rotatable bonds is 5. The second kappa shape index (κ2) is 6.24. The summed E-state index contributed by atoms with van der Waals surface area (Å²) in [6.45, 7) is 5.57. The summed E-state index contributed by atoms with van der Waals surface area (Å²) in [5.41, 5.74) is 2.08. The molecule has 0 spiro atoms. The Morgan fingerprint density at radius 1 is 1.05 bits per heavy atom. The van der Waals surface area contributed by atoms with E-state index in [0.29, 0.717) is 5.82 Å². The van der Waals surface area contributed by atoms with Gasteiger partial charge in [0.2, 0.25) is 10.0 Å². The molecule has 2 N–H and O–H groups in total. The summed E-state index contributed by atoms with van der Waals surface area (Å²) in [6.07, 6.45) is 1.35. The van der Waals surface area contributed by atoms with Crippen LogP contribution in [0.5, 0.6) is 0 Å². The molecule has 6 heteroatoms. The smallest absolute Gasteiger partial charge is 0.242 e. The SMILES string of the molecule is Cc1ccc(Nc2ccc(S(=O)(=O)NC(C)C)cn2)cc1. The maximum atomic E-state index is 12.0. The summed E-state index contributed by atoms with van der Waals surface area (Å²) in [6, 6.07) is 10.9. The Balaban J connectivity index is 2.14. The molecule has 2 aromatic rings. The fraction of sp³-hybridized carbons (Fsp3) is 0.267. The fourth-order valence-corrected chi connectivity index (χ4v) is 2.97. The van der Waals surface area contributed by atoms with Crippen LogP contribution in [0.1, 0.15) is 19.4 Å². The van der Waals surface area contributed by atoms with Crippen LogP contribution in [0.4, 0.5) is 11.5 Å². The molecule has 0 aliphatic heterocycles. The van der Waals surface area contributed by atoms with E-state index in [0.717, 1.165) is 5.69 Å². The Kier molecular flexibility index (Phi) is 4.59. The third kappa shape index (κ3) is 4.27. The van der Waals surface area contributed by atoms with Gasteiger partial charge in [-0.15, -0.1) is 0 Å². The van der Waals surface area contributed by atoms with Crippen molar-refractivity contribution < 1.29 is 8.42 Å². The highest BCUT2D eigenvalue weighted by Gasteiger charge is 2.15. The van der Waals surface area contributed by atoms with E-state index >= 15 is 0 Å². The number of hydrogen-bond donors (Lipinski definition) is 2. The molecule has 112 valence electrons. The van der Waals surface area contributed by atoms with Gasteiger partial charge in [0.15, 0.2) is 0 Å². The molecule has 0 unspecified atom stereocenters. The second-order valence-corrected chi connectivity index (χ2v) is 6.86. The van der Waals surface area contributed by atoms with E-state index in [1.54, 1.807) is 19.9 Å². The lowest BCUT2D eigenvalue weighted by Crippen LogP contribution is -2.30. The summed E-state index contributed by atoms with van der Waals surface area (Å²) >= 11 is 0. The minimum absolute atomic E-state index is 0.152. The molecule has 0 aliphatic carbocycles. The van der Waals surface area contributed by atoms with Gasteiger partial charge in [-0.3, -0.25) is 0 Å². The average Bonchev–Trinajstić information content (AvgIpc) is 2.41. The lowest BCUT2D eigenvalue weighted by molar-refractivity contribution is 0.569. The van der Waals surface area contributed by atoms with Crippen LogP contribution in [-0.2, 0) is 10.0 Å². The first-order valence-corrected chi connectivity index (χ1v) is 8.17. The molecule has 0 fully saturated rings. The Morgan fingerprint density at radius 3 is 2.24 bits per heavy atom. The van der Waals surface area contributed by atoms with E-state index in [-0.39, 0.29) is 10.9 Å². The van der Waals surface area contributed by atoms with Crippen LogP contribution in [0, 0.1) is 6.92 Å². The highest BCUT2D eigenvalue weighted by atomic mass is 32.2. The standard InChI is InChI=1S/C15H19N3O2S/c1-11(2)18-21(19,20)14-8-9-15(16-10-14)17-13-6-4-12(3)5-7-13/h4-11,18H,1-3H3,(H,16,17). The fourth-order valence-electron chi connectivity index (χ4n) is 1.78. The van der Waals surface area contributed by atoms with Crippen molar-refractivity contribution >= 4 is 21.5 Å². The zero-order chi connectivity index (χ0) is 15.5. The Hall–Kier alpha value is -1.92. The van der Waals surface area contributed by atoms with E-state index < -0.39 is 10.0 Å². The largest absolute Gasteiger partial charge is 0.340 e. The Morgan fingerprint density at radius 2 is 1.71 bits per heavy atom. The number of benzene rings is 1. The maximum Gasteiger partial charge on any atom is 0.242 e. The molecule has 1 aromatic carbocycles. The van der Waals surface area contributed by atoms with E-state index in [1.807, 2.05) is 31.2 Å². The quantitative estimate of drug-likeness (QED) is 0.891. The molecule has 5 nitrogen and oxygen atoms in total. The van der Waals surface area contributed by atoms with Gasteiger partial charge in [0.1, 0.15) is 10.7 Å². The molecule has 0 saturated heterocycles. The summed E-state index contributed by atoms with van der Waals surface area (Å²) in [5.74, 6) is 0.599. The molecule has 0 aliphatic rings. The van der Waals surface area contributed by atoms with Gasteiger partial charge >= 0.3 is 0 Å². The van der Waals surface area contributed by atoms with Crippen molar-refractivity contribution in [2.75, 3.05) is 5.32 Å². The zero-order valence-corrected chi connectivity index (χ0v) is 13.1. The molecule has 0 bridgehead atoms. The molecule has 1 aromatic heterocycles. The lowest BCUT2D eigenvalue weighted by atomic mass is 10.2. The van der Waals surface area contributed by atoms with Gasteiger partial charge in [-0.05, 0) is 45.0 Å². The topological polar surface area (TPSA) is 71.1 Å². The normalized spacial score (nSPS) is 11.6. The van der Waals surface area contributed by atoms with Gasteiger partial charge in [0.05, 0.1) is 0 Å². The number of hydrogen-bond acceptors (Lipinski definition) is 4. The summed E-state index contributed by atoms with van der Waals surface area (Å²) < 4.78 is 26.5. The summed E-state index contributed by atoms with van der Waals surface area (Å²) in [7, 11) is -3.50. The molecule has 0 radical (unpaired) electrons. The van der Waals surface area contributed by atoms with Crippen molar-refractivity contribution in [3.05, 3.63) is 48.2 Å². The number of aromatic nitrogens is 1. The first-order chi connectivity index (χ1) is 9.87. The molecule has 0 atom stereocenters. The third-order valence-corrected chi connectivity index (χ3v) is 4.41. The van der Waals surface area contributed by atoms with Gasteiger partial charge in [0.25, 0.3) is 0 Å². The number of nitrogens with one attached hydrogen (secondary N) is 2. The highest BCUT2D eigenvalue weighted by Crippen LogP contribution is 2.16. The van der Waals surface area contributed by atoms with Gasteiger partial charge in [-0.25, -0.2) is 18.1 Å². The van der Waals surface area contributed by atoms with Crippen LogP contribution in [0.3, 0.4) is 0 Å². The molecular weight excluding hydrogens is 286 g/mol. The molecular formula is C15H19N3O2S. The monoisotopic (exact) mass is 305 g/mol. The summed E-state index contributed by atoms with van der Waals surface area (Å²) in [4.78, 5) is 4.30. The average molecular weight is 305 g/mol. The Bertz CT molecular complexity index is 693. The van der Waals surface area contributed by atoms with Gasteiger partial charge in [-0.2, -0.15) is 0 Å². The minimum atomic E-state index is -3.50. The van der Waals surface area contributed by atoms with Crippen LogP contribution < -0.4 is 10.0 Å². The number of aryl methyl sites for hydroxylation is 1. The third-order valence-electron chi connectivity index (χ3n) is 2.76. The number of sulfonamides is 1. The van der Waals surface area contributed by atoms with Crippen LogP contribution in [0.25, 0.3) is 0 Å². The highest BCUT2D eigenvalue weighted by molar-refractivity contribution is 7.89. The van der Waals surface area contributed by atoms with Crippen molar-refractivity contribution in [2.24, 2.45) is 0 Å². The van der Waals surface area contributed by atoms with Gasteiger partial charge in [-0.1, -0.05) is 17.7 Å². The van der Waals surface area contributed by atoms with Gasteiger partial charge in [0, 0.05) is 17.9 Å². The first-order valence-electron chi connectivity index (χ1n) is 6.69. The molecule has 1 heterocycles.